The number of thiazole rings is 1. The van der Waals surface area contributed by atoms with Crippen LogP contribution < -0.4 is 11.5 Å². The summed E-state index contributed by atoms with van der Waals surface area (Å²) in [7, 11) is 0. The van der Waals surface area contributed by atoms with Gasteiger partial charge in [-0.2, -0.15) is 4.98 Å². The summed E-state index contributed by atoms with van der Waals surface area (Å²) in [4.78, 5) is 13.2. The summed E-state index contributed by atoms with van der Waals surface area (Å²) in [5.74, 6) is 0.590. The number of nitrogen functional groups attached to an aromatic ring is 2. The number of hydrogen-bond acceptors (Lipinski definition) is 6. The fraction of sp³-hybridized carbons (Fsp3) is 0.0500. The van der Waals surface area contributed by atoms with Gasteiger partial charge in [-0.05, 0) is 18.2 Å². The van der Waals surface area contributed by atoms with Crippen molar-refractivity contribution >= 4 is 44.9 Å². The fourth-order valence-corrected chi connectivity index (χ4v) is 4.12. The van der Waals surface area contributed by atoms with Gasteiger partial charge in [-0.25, -0.2) is 9.97 Å². The van der Waals surface area contributed by atoms with Gasteiger partial charge in [0, 0.05) is 27.9 Å². The Balaban J connectivity index is 1.55. The largest absolute Gasteiger partial charge is 0.383 e. The van der Waals surface area contributed by atoms with E-state index in [-0.39, 0.29) is 5.95 Å². The second-order valence-electron chi connectivity index (χ2n) is 6.30. The highest BCUT2D eigenvalue weighted by molar-refractivity contribution is 7.09. The minimum atomic E-state index is 0.188. The Morgan fingerprint density at radius 3 is 2.59 bits per heavy atom. The third-order valence-corrected chi connectivity index (χ3v) is 5.42. The number of aromatic nitrogens is 4. The van der Waals surface area contributed by atoms with Crippen LogP contribution in [0.2, 0.25) is 0 Å². The summed E-state index contributed by atoms with van der Waals surface area (Å²) in [6.07, 6.45) is 2.04. The lowest BCUT2D eigenvalue weighted by Crippen LogP contribution is -2.01. The molecule has 5 aromatic rings. The molecule has 0 fully saturated rings. The number of anilines is 2. The highest BCUT2D eigenvalue weighted by Crippen LogP contribution is 2.29. The SMILES string of the molecule is Nc1nc(N)c2ccc3c(ccn3Cc3nc(-c4ccccc4)cs3)c2n1. The van der Waals surface area contributed by atoms with Crippen LogP contribution in [0.5, 0.6) is 0 Å². The molecule has 3 heterocycles. The smallest absolute Gasteiger partial charge is 0.222 e. The molecule has 27 heavy (non-hydrogen) atoms. The topological polar surface area (TPSA) is 95.6 Å². The molecule has 6 nitrogen and oxygen atoms in total. The van der Waals surface area contributed by atoms with Crippen molar-refractivity contribution in [1.29, 1.82) is 0 Å². The summed E-state index contributed by atoms with van der Waals surface area (Å²) in [5.41, 5.74) is 15.8. The van der Waals surface area contributed by atoms with Gasteiger partial charge in [0.15, 0.2) is 0 Å². The van der Waals surface area contributed by atoms with Crippen LogP contribution in [0.4, 0.5) is 11.8 Å². The van der Waals surface area contributed by atoms with Crippen LogP contribution in [0.25, 0.3) is 33.1 Å². The van der Waals surface area contributed by atoms with Gasteiger partial charge < -0.3 is 16.0 Å². The Morgan fingerprint density at radius 1 is 0.889 bits per heavy atom. The van der Waals surface area contributed by atoms with Gasteiger partial charge in [0.25, 0.3) is 0 Å². The van der Waals surface area contributed by atoms with Crippen molar-refractivity contribution in [3.8, 4) is 11.3 Å². The van der Waals surface area contributed by atoms with E-state index in [0.717, 1.165) is 38.1 Å². The first-order valence-electron chi connectivity index (χ1n) is 8.49. The Morgan fingerprint density at radius 2 is 1.74 bits per heavy atom. The quantitative estimate of drug-likeness (QED) is 0.500. The molecule has 0 radical (unpaired) electrons. The lowest BCUT2D eigenvalue weighted by molar-refractivity contribution is 0.829. The van der Waals surface area contributed by atoms with Crippen LogP contribution >= 0.6 is 11.3 Å². The van der Waals surface area contributed by atoms with Gasteiger partial charge in [0.05, 0.1) is 23.3 Å². The maximum atomic E-state index is 5.99. The molecular formula is C20H16N6S. The van der Waals surface area contributed by atoms with Crippen LogP contribution in [0, 0.1) is 0 Å². The standard InChI is InChI=1S/C20H16N6S/c21-19-14-6-7-16-13(18(14)24-20(22)25-19)8-9-26(16)10-17-23-15(11-27-17)12-4-2-1-3-5-12/h1-9,11H,10H2,(H4,21,22,24,25). The van der Waals surface area contributed by atoms with Gasteiger partial charge in [0.1, 0.15) is 10.8 Å². The summed E-state index contributed by atoms with van der Waals surface area (Å²) in [5, 5.41) is 4.97. The van der Waals surface area contributed by atoms with E-state index in [1.807, 2.05) is 42.6 Å². The van der Waals surface area contributed by atoms with E-state index in [4.69, 9.17) is 16.5 Å². The molecule has 0 unspecified atom stereocenters. The summed E-state index contributed by atoms with van der Waals surface area (Å²) >= 11 is 1.66. The summed E-state index contributed by atoms with van der Waals surface area (Å²) in [6.45, 7) is 0.697. The molecule has 3 aromatic heterocycles. The second kappa shape index (κ2) is 6.07. The summed E-state index contributed by atoms with van der Waals surface area (Å²) < 4.78 is 2.16. The summed E-state index contributed by atoms with van der Waals surface area (Å²) in [6, 6.07) is 16.2. The zero-order valence-corrected chi connectivity index (χ0v) is 15.1. The molecular weight excluding hydrogens is 356 g/mol. The van der Waals surface area contributed by atoms with Gasteiger partial charge in [-0.1, -0.05) is 30.3 Å². The molecule has 0 aliphatic heterocycles. The van der Waals surface area contributed by atoms with Crippen LogP contribution in [0.1, 0.15) is 5.01 Å². The number of rotatable bonds is 3. The van der Waals surface area contributed by atoms with Crippen LogP contribution in [-0.2, 0) is 6.54 Å². The first-order chi connectivity index (χ1) is 13.2. The lowest BCUT2D eigenvalue weighted by Gasteiger charge is -2.06. The third kappa shape index (κ3) is 2.69. The predicted octanol–water partition coefficient (Wildman–Crippen LogP) is 3.92. The highest BCUT2D eigenvalue weighted by Gasteiger charge is 2.12. The average Bonchev–Trinajstić information content (AvgIpc) is 3.30. The minimum Gasteiger partial charge on any atom is -0.383 e. The number of nitrogens with two attached hydrogens (primary N) is 2. The monoisotopic (exact) mass is 372 g/mol. The van der Waals surface area contributed by atoms with Crippen molar-refractivity contribution < 1.29 is 0 Å². The molecule has 0 aliphatic rings. The van der Waals surface area contributed by atoms with Crippen LogP contribution in [0.3, 0.4) is 0 Å². The molecule has 2 aromatic carbocycles. The third-order valence-electron chi connectivity index (χ3n) is 4.59. The fourth-order valence-electron chi connectivity index (χ4n) is 3.32. The molecule has 0 saturated carbocycles. The molecule has 0 bridgehead atoms. The Hall–Kier alpha value is -3.45. The Kier molecular flexibility index (Phi) is 3.54. The first kappa shape index (κ1) is 15.8. The zero-order chi connectivity index (χ0) is 18.4. The molecule has 7 heteroatoms. The van der Waals surface area contributed by atoms with E-state index in [1.54, 1.807) is 11.3 Å². The molecule has 0 amide bonds. The molecule has 5 rings (SSSR count). The van der Waals surface area contributed by atoms with E-state index in [0.29, 0.717) is 12.4 Å². The normalized spacial score (nSPS) is 11.4. The average molecular weight is 372 g/mol. The molecule has 0 atom stereocenters. The van der Waals surface area contributed by atoms with Crippen molar-refractivity contribution in [2.45, 2.75) is 6.54 Å². The van der Waals surface area contributed by atoms with Crippen molar-refractivity contribution in [2.24, 2.45) is 0 Å². The van der Waals surface area contributed by atoms with E-state index in [1.165, 1.54) is 0 Å². The lowest BCUT2D eigenvalue weighted by atomic mass is 10.1. The second-order valence-corrected chi connectivity index (χ2v) is 7.24. The van der Waals surface area contributed by atoms with E-state index in [2.05, 4.69) is 32.0 Å². The van der Waals surface area contributed by atoms with Crippen LogP contribution in [0.15, 0.2) is 60.1 Å². The van der Waals surface area contributed by atoms with Crippen molar-refractivity contribution in [3.05, 3.63) is 65.1 Å². The van der Waals surface area contributed by atoms with Gasteiger partial charge in [-0.3, -0.25) is 0 Å². The minimum absolute atomic E-state index is 0.188. The molecule has 0 spiro atoms. The Bertz CT molecular complexity index is 1270. The molecule has 0 saturated heterocycles. The maximum Gasteiger partial charge on any atom is 0.222 e. The number of hydrogen-bond donors (Lipinski definition) is 2. The molecule has 4 N–H and O–H groups in total. The van der Waals surface area contributed by atoms with Gasteiger partial charge in [0.2, 0.25) is 5.95 Å². The number of nitrogens with zero attached hydrogens (tertiary/aromatic N) is 4. The van der Waals surface area contributed by atoms with Gasteiger partial charge in [-0.15, -0.1) is 11.3 Å². The van der Waals surface area contributed by atoms with Gasteiger partial charge >= 0.3 is 0 Å². The maximum absolute atomic E-state index is 5.99. The Labute approximate surface area is 159 Å². The van der Waals surface area contributed by atoms with E-state index < -0.39 is 0 Å². The number of fused-ring (bicyclic) bond motifs is 3. The first-order valence-corrected chi connectivity index (χ1v) is 9.37. The molecule has 0 aliphatic carbocycles. The van der Waals surface area contributed by atoms with Crippen molar-refractivity contribution in [3.63, 3.8) is 0 Å². The molecule has 132 valence electrons. The van der Waals surface area contributed by atoms with Crippen molar-refractivity contribution in [2.75, 3.05) is 11.5 Å². The van der Waals surface area contributed by atoms with Crippen LogP contribution in [-0.4, -0.2) is 19.5 Å². The number of benzene rings is 2. The van der Waals surface area contributed by atoms with Crippen molar-refractivity contribution in [1.82, 2.24) is 19.5 Å². The predicted molar refractivity (Wildman–Crippen MR) is 111 cm³/mol. The van der Waals surface area contributed by atoms with E-state index in [9.17, 15) is 0 Å². The zero-order valence-electron chi connectivity index (χ0n) is 14.3. The highest BCUT2D eigenvalue weighted by atomic mass is 32.1. The van der Waals surface area contributed by atoms with E-state index >= 15 is 0 Å².